The maximum absolute atomic E-state index is 15.4. The molecule has 4 aromatic rings. The molecule has 8 rings (SSSR count). The van der Waals surface area contributed by atoms with Crippen molar-refractivity contribution < 1.29 is 33.8 Å². The van der Waals surface area contributed by atoms with E-state index >= 15 is 9.59 Å². The highest BCUT2D eigenvalue weighted by Gasteiger charge is 2.74. The Morgan fingerprint density at radius 3 is 2.35 bits per heavy atom. The predicted molar refractivity (Wildman–Crippen MR) is 203 cm³/mol. The van der Waals surface area contributed by atoms with E-state index in [1.54, 1.807) is 24.0 Å². The van der Waals surface area contributed by atoms with Crippen molar-refractivity contribution in [2.24, 2.45) is 11.8 Å². The topological polar surface area (TPSA) is 125 Å². The van der Waals surface area contributed by atoms with Gasteiger partial charge in [-0.25, -0.2) is 0 Å². The second-order valence-corrected chi connectivity index (χ2v) is 14.6. The lowest BCUT2D eigenvalue weighted by atomic mass is 9.74. The number of anilines is 1. The third kappa shape index (κ3) is 6.29. The molecule has 3 amide bonds. The molecule has 2 fully saturated rings. The quantitative estimate of drug-likeness (QED) is 0.210. The van der Waals surface area contributed by atoms with E-state index in [9.17, 15) is 14.7 Å². The molecule has 1 spiro atoms. The lowest BCUT2D eigenvalue weighted by Crippen LogP contribution is -2.59. The first-order valence-electron chi connectivity index (χ1n) is 18.6. The van der Waals surface area contributed by atoms with E-state index in [0.717, 1.165) is 16.3 Å². The molecule has 0 aliphatic carbocycles. The van der Waals surface area contributed by atoms with Crippen molar-refractivity contribution in [1.29, 1.82) is 0 Å². The van der Waals surface area contributed by atoms with Crippen molar-refractivity contribution in [3.63, 3.8) is 0 Å². The average molecular weight is 726 g/mol. The SMILES string of the molecule is C[C@@H]1NC(=O)CC/C=C\CN(c2ccc3ccccc3c2)C(=O)[C@H]2N([C@@H](CO)Cc3ccccc3)C(=O)[C@@H]3[C@@H](C(=O)O[C@H]1c1ccccc1)[C@H]1C=C[C@]32O1. The first-order valence-corrected chi connectivity index (χ1v) is 18.6. The molecule has 276 valence electrons. The highest BCUT2D eigenvalue weighted by Crippen LogP contribution is 2.56. The fraction of sp³-hybridized carbons (Fsp3) is 0.318. The van der Waals surface area contributed by atoms with Crippen LogP contribution in [0.2, 0.25) is 0 Å². The fourth-order valence-electron chi connectivity index (χ4n) is 8.72. The number of cyclic esters (lactones) is 1. The van der Waals surface area contributed by atoms with Crippen molar-refractivity contribution in [1.82, 2.24) is 10.2 Å². The van der Waals surface area contributed by atoms with Gasteiger partial charge in [-0.15, -0.1) is 0 Å². The zero-order valence-electron chi connectivity index (χ0n) is 30.0. The number of aliphatic hydroxyl groups excluding tert-OH is 1. The zero-order valence-corrected chi connectivity index (χ0v) is 30.0. The van der Waals surface area contributed by atoms with Gasteiger partial charge in [-0.1, -0.05) is 115 Å². The lowest BCUT2D eigenvalue weighted by molar-refractivity contribution is -0.161. The van der Waals surface area contributed by atoms with Crippen LogP contribution in [0, 0.1) is 11.8 Å². The second kappa shape index (κ2) is 14.7. The van der Waals surface area contributed by atoms with E-state index in [4.69, 9.17) is 9.47 Å². The van der Waals surface area contributed by atoms with E-state index < -0.39 is 72.2 Å². The minimum Gasteiger partial charge on any atom is -0.455 e. The highest BCUT2D eigenvalue weighted by molar-refractivity contribution is 6.06. The summed E-state index contributed by atoms with van der Waals surface area (Å²) in [5.74, 6) is -3.89. The Balaban J connectivity index is 1.25. The van der Waals surface area contributed by atoms with E-state index in [2.05, 4.69) is 5.32 Å². The average Bonchev–Trinajstić information content (AvgIpc) is 3.84. The minimum atomic E-state index is -1.50. The zero-order chi connectivity index (χ0) is 37.4. The molecule has 0 radical (unpaired) electrons. The molecule has 54 heavy (non-hydrogen) atoms. The standard InChI is InChI=1S/C44H43N3O7/c1-28-39(31-16-7-3-8-17-31)53-43(52)37-35-22-23-44(54-35)38(37)41(50)47(34(27-48)25-29-13-5-2-6-14-29)40(44)42(51)46(24-12-4-9-19-36(49)45-28)33-21-20-30-15-10-11-18-32(30)26-33/h2-8,10-18,20-23,26,28,34-35,37-40,48H,9,19,24-25,27H2,1H3,(H,45,49)/b12-4-/t28-,34+,35+,37-,38-,39+,40+,44-/m0/s1. The van der Waals surface area contributed by atoms with E-state index in [0.29, 0.717) is 17.7 Å². The number of amides is 3. The molecule has 2 saturated heterocycles. The molecule has 5 bridgehead atoms. The van der Waals surface area contributed by atoms with Gasteiger partial charge in [0.25, 0.3) is 5.91 Å². The van der Waals surface area contributed by atoms with Gasteiger partial charge in [0.05, 0.1) is 30.7 Å². The summed E-state index contributed by atoms with van der Waals surface area (Å²) in [5, 5.41) is 15.9. The van der Waals surface area contributed by atoms with Crippen LogP contribution in [0.15, 0.2) is 127 Å². The molecule has 4 aromatic carbocycles. The summed E-state index contributed by atoms with van der Waals surface area (Å²) in [6, 6.07) is 29.7. The van der Waals surface area contributed by atoms with Crippen LogP contribution in [0.25, 0.3) is 10.8 Å². The molecule has 10 heteroatoms. The van der Waals surface area contributed by atoms with Gasteiger partial charge < -0.3 is 29.7 Å². The Bertz CT molecular complexity index is 2120. The van der Waals surface area contributed by atoms with Crippen LogP contribution in [0.5, 0.6) is 0 Å². The van der Waals surface area contributed by atoms with Crippen LogP contribution < -0.4 is 10.2 Å². The van der Waals surface area contributed by atoms with Gasteiger partial charge in [0.1, 0.15) is 23.7 Å². The molecule has 4 aliphatic heterocycles. The van der Waals surface area contributed by atoms with Crippen LogP contribution in [0.4, 0.5) is 5.69 Å². The van der Waals surface area contributed by atoms with Crippen molar-refractivity contribution in [2.75, 3.05) is 18.1 Å². The number of allylic oxidation sites excluding steroid dienone is 1. The Labute approximate surface area is 314 Å². The summed E-state index contributed by atoms with van der Waals surface area (Å²) in [5.41, 5.74) is 0.684. The van der Waals surface area contributed by atoms with E-state index in [1.807, 2.05) is 115 Å². The Hall–Kier alpha value is -5.58. The van der Waals surface area contributed by atoms with Crippen LogP contribution in [0.1, 0.15) is 37.0 Å². The van der Waals surface area contributed by atoms with Gasteiger partial charge in [-0.05, 0) is 53.8 Å². The number of ether oxygens (including phenoxy) is 2. The molecule has 0 saturated carbocycles. The van der Waals surface area contributed by atoms with Crippen LogP contribution in [0.3, 0.4) is 0 Å². The van der Waals surface area contributed by atoms with Crippen molar-refractivity contribution >= 4 is 40.2 Å². The van der Waals surface area contributed by atoms with Crippen molar-refractivity contribution in [2.45, 2.75) is 62.1 Å². The molecular formula is C44H43N3O7. The number of hydrogen-bond acceptors (Lipinski definition) is 7. The summed E-state index contributed by atoms with van der Waals surface area (Å²) in [6.45, 7) is 1.52. The molecule has 4 aliphatic rings. The summed E-state index contributed by atoms with van der Waals surface area (Å²) >= 11 is 0. The number of aliphatic hydroxyl groups is 1. The van der Waals surface area contributed by atoms with Crippen LogP contribution in [-0.4, -0.2) is 76.7 Å². The third-order valence-corrected chi connectivity index (χ3v) is 11.3. The van der Waals surface area contributed by atoms with Gasteiger partial charge in [-0.3, -0.25) is 19.2 Å². The number of nitrogens with zero attached hydrogens (tertiary/aromatic N) is 2. The van der Waals surface area contributed by atoms with Crippen molar-refractivity contribution in [3.05, 3.63) is 139 Å². The van der Waals surface area contributed by atoms with Crippen molar-refractivity contribution in [3.8, 4) is 0 Å². The minimum absolute atomic E-state index is 0.144. The smallest absolute Gasteiger partial charge is 0.313 e. The van der Waals surface area contributed by atoms with Gasteiger partial charge in [-0.2, -0.15) is 0 Å². The fourth-order valence-corrected chi connectivity index (χ4v) is 8.72. The number of hydrogen-bond donors (Lipinski definition) is 2. The van der Waals surface area contributed by atoms with Gasteiger partial charge in [0.15, 0.2) is 0 Å². The Morgan fingerprint density at radius 2 is 1.59 bits per heavy atom. The number of benzene rings is 4. The second-order valence-electron chi connectivity index (χ2n) is 14.6. The van der Waals surface area contributed by atoms with Gasteiger partial charge >= 0.3 is 5.97 Å². The normalized spacial score (nSPS) is 29.6. The number of carbonyl (C=O) groups excluding carboxylic acids is 4. The first kappa shape index (κ1) is 35.4. The molecule has 0 aromatic heterocycles. The van der Waals surface area contributed by atoms with Gasteiger partial charge in [0, 0.05) is 18.7 Å². The maximum Gasteiger partial charge on any atom is 0.313 e. The highest BCUT2D eigenvalue weighted by atomic mass is 16.6. The summed E-state index contributed by atoms with van der Waals surface area (Å²) in [7, 11) is 0. The number of carbonyl (C=O) groups is 4. The number of esters is 1. The predicted octanol–water partition coefficient (Wildman–Crippen LogP) is 5.07. The largest absolute Gasteiger partial charge is 0.455 e. The molecular weight excluding hydrogens is 682 g/mol. The Morgan fingerprint density at radius 1 is 0.870 bits per heavy atom. The maximum atomic E-state index is 15.4. The van der Waals surface area contributed by atoms with Crippen LogP contribution in [-0.2, 0) is 35.1 Å². The molecule has 8 atom stereocenters. The molecule has 10 nitrogen and oxygen atoms in total. The lowest BCUT2D eigenvalue weighted by Gasteiger charge is -2.39. The summed E-state index contributed by atoms with van der Waals surface area (Å²) < 4.78 is 13.0. The Kier molecular flexibility index (Phi) is 9.64. The van der Waals surface area contributed by atoms with Crippen LogP contribution >= 0.6 is 0 Å². The number of fused-ring (bicyclic) bond motifs is 3. The molecule has 4 heterocycles. The number of nitrogens with one attached hydrogen (secondary N) is 1. The van der Waals surface area contributed by atoms with E-state index in [-0.39, 0.29) is 25.3 Å². The van der Waals surface area contributed by atoms with E-state index in [1.165, 1.54) is 4.90 Å². The molecule has 2 N–H and O–H groups in total. The monoisotopic (exact) mass is 725 g/mol. The first-order chi connectivity index (χ1) is 26.3. The molecule has 0 unspecified atom stereocenters. The summed E-state index contributed by atoms with van der Waals surface area (Å²) in [6.07, 6.45) is 6.45. The number of rotatable bonds is 6. The van der Waals surface area contributed by atoms with Gasteiger partial charge in [0.2, 0.25) is 11.8 Å². The third-order valence-electron chi connectivity index (χ3n) is 11.3. The number of likely N-dealkylation sites (tertiary alicyclic amines) is 1. The summed E-state index contributed by atoms with van der Waals surface area (Å²) in [4.78, 5) is 61.2.